The molecular formula is C28H26BrN5O2. The summed E-state index contributed by atoms with van der Waals surface area (Å²) >= 11 is 3.60. The molecule has 4 aromatic rings. The normalized spacial score (nSPS) is 14.7. The predicted molar refractivity (Wildman–Crippen MR) is 144 cm³/mol. The number of anilines is 2. The summed E-state index contributed by atoms with van der Waals surface area (Å²) in [7, 11) is 0. The zero-order valence-corrected chi connectivity index (χ0v) is 21.8. The molecule has 1 unspecified atom stereocenters. The largest absolute Gasteiger partial charge is 0.489 e. The van der Waals surface area contributed by atoms with E-state index in [0.717, 1.165) is 26.9 Å². The van der Waals surface area contributed by atoms with E-state index in [4.69, 9.17) is 4.74 Å². The molecule has 182 valence electrons. The number of amides is 1. The number of aryl methyl sites for hydroxylation is 2. The molecule has 1 amide bonds. The smallest absolute Gasteiger partial charge is 0.255 e. The number of hydrogen-bond acceptors (Lipinski definition) is 5. The van der Waals surface area contributed by atoms with Gasteiger partial charge in [-0.2, -0.15) is 10.1 Å². The van der Waals surface area contributed by atoms with Gasteiger partial charge < -0.3 is 15.4 Å². The van der Waals surface area contributed by atoms with Gasteiger partial charge in [0.25, 0.3) is 5.91 Å². The average Bonchev–Trinajstić information content (AvgIpc) is 3.31. The molecule has 2 heterocycles. The molecule has 0 saturated carbocycles. The second-order valence-electron chi connectivity index (χ2n) is 8.87. The maximum atomic E-state index is 13.7. The zero-order valence-electron chi connectivity index (χ0n) is 20.2. The molecule has 0 bridgehead atoms. The minimum absolute atomic E-state index is 0.221. The van der Waals surface area contributed by atoms with Crippen LogP contribution in [0.1, 0.15) is 35.2 Å². The molecule has 0 radical (unpaired) electrons. The fourth-order valence-electron chi connectivity index (χ4n) is 4.30. The minimum Gasteiger partial charge on any atom is -0.489 e. The van der Waals surface area contributed by atoms with Crippen LogP contribution in [0.25, 0.3) is 0 Å². The van der Waals surface area contributed by atoms with Crippen molar-refractivity contribution >= 4 is 33.5 Å². The van der Waals surface area contributed by atoms with Crippen molar-refractivity contribution in [1.29, 1.82) is 0 Å². The summed E-state index contributed by atoms with van der Waals surface area (Å²) in [5, 5.41) is 10.7. The molecule has 8 heteroatoms. The van der Waals surface area contributed by atoms with Crippen molar-refractivity contribution in [3.05, 3.63) is 111 Å². The summed E-state index contributed by atoms with van der Waals surface area (Å²) in [5.74, 6) is 1.01. The van der Waals surface area contributed by atoms with E-state index < -0.39 is 6.04 Å². The number of fused-ring (bicyclic) bond motifs is 1. The van der Waals surface area contributed by atoms with E-state index in [0.29, 0.717) is 29.6 Å². The Labute approximate surface area is 218 Å². The number of halogens is 1. The third-order valence-corrected chi connectivity index (χ3v) is 6.59. The monoisotopic (exact) mass is 543 g/mol. The van der Waals surface area contributed by atoms with Gasteiger partial charge in [0.1, 0.15) is 24.7 Å². The molecule has 1 aliphatic heterocycles. The van der Waals surface area contributed by atoms with Gasteiger partial charge in [0.2, 0.25) is 5.95 Å². The second kappa shape index (κ2) is 9.99. The first-order valence-corrected chi connectivity index (χ1v) is 12.4. The molecule has 3 aromatic carbocycles. The summed E-state index contributed by atoms with van der Waals surface area (Å²) in [6.07, 6.45) is 1.48. The number of rotatable bonds is 6. The van der Waals surface area contributed by atoms with Gasteiger partial charge in [-0.15, -0.1) is 0 Å². The lowest BCUT2D eigenvalue weighted by Gasteiger charge is -2.30. The van der Waals surface area contributed by atoms with Gasteiger partial charge in [-0.1, -0.05) is 57.9 Å². The van der Waals surface area contributed by atoms with Crippen LogP contribution >= 0.6 is 15.9 Å². The highest BCUT2D eigenvalue weighted by Crippen LogP contribution is 2.40. The van der Waals surface area contributed by atoms with E-state index in [1.807, 2.05) is 56.3 Å². The molecule has 0 spiro atoms. The standard InChI is InChI=1S/C28H26BrN5O2/c1-17-7-9-20(10-8-17)15-36-24-12-11-21(29)14-23(24)26-25(19(3)32-28-30-16-31-34(26)28)27(35)33-22-6-4-5-18(2)13-22/h4-14,16,26H,15H2,1-3H3,(H,33,35)(H,30,31,32). The maximum absolute atomic E-state index is 13.7. The quantitative estimate of drug-likeness (QED) is 0.304. The predicted octanol–water partition coefficient (Wildman–Crippen LogP) is 6.16. The molecule has 0 aliphatic carbocycles. The van der Waals surface area contributed by atoms with Crippen molar-refractivity contribution in [2.45, 2.75) is 33.4 Å². The van der Waals surface area contributed by atoms with Crippen molar-refractivity contribution in [1.82, 2.24) is 14.8 Å². The van der Waals surface area contributed by atoms with Crippen LogP contribution in [0, 0.1) is 13.8 Å². The number of hydrogen-bond donors (Lipinski definition) is 2. The topological polar surface area (TPSA) is 81.1 Å². The van der Waals surface area contributed by atoms with Gasteiger partial charge in [-0.05, 0) is 62.2 Å². The molecule has 36 heavy (non-hydrogen) atoms. The van der Waals surface area contributed by atoms with Crippen LogP contribution in [0.3, 0.4) is 0 Å². The Bertz CT molecular complexity index is 1460. The van der Waals surface area contributed by atoms with Crippen molar-refractivity contribution < 1.29 is 9.53 Å². The fraction of sp³-hybridized carbons (Fsp3) is 0.179. The van der Waals surface area contributed by atoms with E-state index in [1.54, 1.807) is 4.68 Å². The minimum atomic E-state index is -0.543. The zero-order chi connectivity index (χ0) is 25.2. The second-order valence-corrected chi connectivity index (χ2v) is 9.79. The number of benzene rings is 3. The molecule has 5 rings (SSSR count). The number of allylic oxidation sites excluding steroid dienone is 1. The van der Waals surface area contributed by atoms with E-state index in [-0.39, 0.29) is 5.91 Å². The molecule has 1 aromatic heterocycles. The van der Waals surface area contributed by atoms with Gasteiger partial charge in [0.15, 0.2) is 0 Å². The number of nitrogens with zero attached hydrogens (tertiary/aromatic N) is 3. The summed E-state index contributed by atoms with van der Waals surface area (Å²) in [4.78, 5) is 18.0. The summed E-state index contributed by atoms with van der Waals surface area (Å²) in [6, 6.07) is 21.2. The van der Waals surface area contributed by atoms with Crippen LogP contribution in [0.5, 0.6) is 5.75 Å². The molecule has 0 fully saturated rings. The van der Waals surface area contributed by atoms with Crippen LogP contribution < -0.4 is 15.4 Å². The highest BCUT2D eigenvalue weighted by atomic mass is 79.9. The van der Waals surface area contributed by atoms with E-state index in [9.17, 15) is 4.79 Å². The Morgan fingerprint density at radius 3 is 2.64 bits per heavy atom. The Hall–Kier alpha value is -3.91. The van der Waals surface area contributed by atoms with Crippen LogP contribution in [-0.2, 0) is 11.4 Å². The van der Waals surface area contributed by atoms with Crippen molar-refractivity contribution in [3.63, 3.8) is 0 Å². The molecule has 0 saturated heterocycles. The van der Waals surface area contributed by atoms with Crippen molar-refractivity contribution in [3.8, 4) is 5.75 Å². The number of carbonyl (C=O) groups excluding carboxylic acids is 1. The summed E-state index contributed by atoms with van der Waals surface area (Å²) < 4.78 is 8.90. The van der Waals surface area contributed by atoms with Crippen LogP contribution in [-0.4, -0.2) is 20.7 Å². The lowest BCUT2D eigenvalue weighted by molar-refractivity contribution is -0.113. The Balaban J connectivity index is 1.54. The first kappa shape index (κ1) is 23.8. The lowest BCUT2D eigenvalue weighted by atomic mass is 9.94. The van der Waals surface area contributed by atoms with Crippen molar-refractivity contribution in [2.75, 3.05) is 10.6 Å². The van der Waals surface area contributed by atoms with E-state index in [2.05, 4.69) is 67.8 Å². The molecule has 1 atom stereocenters. The molecular weight excluding hydrogens is 518 g/mol. The first-order chi connectivity index (χ1) is 17.4. The van der Waals surface area contributed by atoms with Crippen LogP contribution in [0.2, 0.25) is 0 Å². The van der Waals surface area contributed by atoms with Gasteiger partial charge in [0.05, 0.1) is 5.57 Å². The third kappa shape index (κ3) is 4.90. The molecule has 2 N–H and O–H groups in total. The Morgan fingerprint density at radius 2 is 1.86 bits per heavy atom. The summed E-state index contributed by atoms with van der Waals surface area (Å²) in [6.45, 7) is 6.33. The molecule has 7 nitrogen and oxygen atoms in total. The first-order valence-electron chi connectivity index (χ1n) is 11.6. The van der Waals surface area contributed by atoms with E-state index in [1.165, 1.54) is 11.9 Å². The fourth-order valence-corrected chi connectivity index (χ4v) is 4.68. The number of aromatic nitrogens is 3. The molecule has 1 aliphatic rings. The van der Waals surface area contributed by atoms with Gasteiger partial charge in [-0.25, -0.2) is 4.68 Å². The number of carbonyl (C=O) groups is 1. The number of ether oxygens (including phenoxy) is 1. The summed E-state index contributed by atoms with van der Waals surface area (Å²) in [5.41, 5.74) is 6.09. The number of nitrogens with one attached hydrogen (secondary N) is 2. The van der Waals surface area contributed by atoms with Gasteiger partial charge >= 0.3 is 0 Å². The third-order valence-electron chi connectivity index (χ3n) is 6.10. The highest BCUT2D eigenvalue weighted by Gasteiger charge is 2.35. The lowest BCUT2D eigenvalue weighted by Crippen LogP contribution is -2.31. The van der Waals surface area contributed by atoms with Crippen LogP contribution in [0.15, 0.2) is 88.8 Å². The van der Waals surface area contributed by atoms with Gasteiger partial charge in [0, 0.05) is 21.4 Å². The van der Waals surface area contributed by atoms with E-state index >= 15 is 0 Å². The maximum Gasteiger partial charge on any atom is 0.255 e. The van der Waals surface area contributed by atoms with Crippen LogP contribution in [0.4, 0.5) is 11.6 Å². The van der Waals surface area contributed by atoms with Gasteiger partial charge in [-0.3, -0.25) is 4.79 Å². The average molecular weight is 544 g/mol. The van der Waals surface area contributed by atoms with Crippen molar-refractivity contribution in [2.24, 2.45) is 0 Å². The SMILES string of the molecule is CC1=C(C(=O)Nc2cccc(C)c2)C(c2cc(Br)ccc2OCc2ccc(C)cc2)n2ncnc2N1. The Kier molecular flexibility index (Phi) is 6.61. The highest BCUT2D eigenvalue weighted by molar-refractivity contribution is 9.10. The Morgan fingerprint density at radius 1 is 1.06 bits per heavy atom.